The molecule has 4 aliphatic heterocycles. The number of nitrogens with two attached hydrogens (primary N) is 2. The molecule has 9 fully saturated rings. The molecule has 0 atom stereocenters. The van der Waals surface area contributed by atoms with Crippen molar-refractivity contribution in [2.24, 2.45) is 41.1 Å². The van der Waals surface area contributed by atoms with Crippen LogP contribution in [-0.2, 0) is 59.9 Å². The maximum atomic E-state index is 13.2. The molecule has 0 aromatic carbocycles. The van der Waals surface area contributed by atoms with E-state index in [4.69, 9.17) is 49.2 Å². The van der Waals surface area contributed by atoms with Crippen molar-refractivity contribution >= 4 is 120 Å². The number of carbonyl (C=O) groups excluding carboxylic acids is 10. The highest BCUT2D eigenvalue weighted by molar-refractivity contribution is 5.91. The van der Waals surface area contributed by atoms with E-state index < -0.39 is 35.3 Å². The lowest BCUT2D eigenvalue weighted by Crippen LogP contribution is -2.44. The van der Waals surface area contributed by atoms with E-state index in [0.717, 1.165) is 166 Å². The summed E-state index contributed by atoms with van der Waals surface area (Å²) in [4.78, 5) is 158. The molecule has 4 aromatic heterocycles. The van der Waals surface area contributed by atoms with Crippen LogP contribution in [0, 0.1) is 29.6 Å². The molecule has 41 nitrogen and oxygen atoms in total. The monoisotopic (exact) mass is 2060 g/mol. The van der Waals surface area contributed by atoms with Crippen molar-refractivity contribution < 1.29 is 95.3 Å². The Morgan fingerprint density at radius 2 is 0.559 bits per heavy atom. The number of nitrogens with zero attached hydrogens (tertiary/aromatic N) is 11. The van der Waals surface area contributed by atoms with Crippen LogP contribution in [0.2, 0.25) is 0 Å². The quantitative estimate of drug-likeness (QED) is 0.0627. The Balaban J connectivity index is 0.000000311. The molecule has 0 bridgehead atoms. The fraction of sp³-hybridized carbons (Fsp3) is 0.760. The Bertz CT molecular complexity index is 4630. The highest BCUT2D eigenvalue weighted by Gasteiger charge is 2.38. The van der Waals surface area contributed by atoms with Gasteiger partial charge < -0.3 is 105 Å². The van der Waals surface area contributed by atoms with Gasteiger partial charge in [-0.1, -0.05) is 111 Å². The normalized spacial score (nSPS) is 22.5. The minimum absolute atomic E-state index is 0. The molecule has 4 aromatic rings. The van der Waals surface area contributed by atoms with Gasteiger partial charge in [-0.15, -0.1) is 24.8 Å². The van der Waals surface area contributed by atoms with Crippen molar-refractivity contribution in [3.8, 4) is 0 Å². The van der Waals surface area contributed by atoms with Crippen LogP contribution in [0.15, 0.2) is 42.4 Å². The van der Waals surface area contributed by atoms with E-state index in [1.807, 2.05) is 139 Å². The molecule has 5 saturated carbocycles. The summed E-state index contributed by atoms with van der Waals surface area (Å²) >= 11 is 0. The zero-order valence-electron chi connectivity index (χ0n) is 87.5. The lowest BCUT2D eigenvalue weighted by Gasteiger charge is -2.32. The van der Waals surface area contributed by atoms with Crippen LogP contribution < -0.4 is 54.0 Å². The maximum Gasteiger partial charge on any atom is 0.407 e. The van der Waals surface area contributed by atoms with Gasteiger partial charge >= 0.3 is 48.2 Å². The Morgan fingerprint density at radius 1 is 0.329 bits per heavy atom. The van der Waals surface area contributed by atoms with Crippen LogP contribution in [0.4, 0.5) is 52.0 Å². The summed E-state index contributed by atoms with van der Waals surface area (Å²) in [5, 5.41) is 56.3. The van der Waals surface area contributed by atoms with E-state index in [1.165, 1.54) is 6.92 Å². The van der Waals surface area contributed by atoms with Crippen molar-refractivity contribution in [1.82, 2.24) is 76.2 Å². The molecular weight excluding hydrogens is 1890 g/mol. The molecule has 5 aliphatic carbocycles. The fourth-order valence-corrected chi connectivity index (χ4v) is 17.8. The topological polar surface area (TPSA) is 539 Å². The van der Waals surface area contributed by atoms with Crippen molar-refractivity contribution in [3.05, 3.63) is 47.3 Å². The number of hydrogen-bond donors (Lipinski definition) is 12. The fourth-order valence-electron chi connectivity index (χ4n) is 17.8. The predicted molar refractivity (Wildman–Crippen MR) is 550 cm³/mol. The second-order valence-electron chi connectivity index (χ2n) is 44.7. The number of carbonyl (C=O) groups is 12. The van der Waals surface area contributed by atoms with Crippen molar-refractivity contribution in [1.29, 1.82) is 0 Å². The zero-order chi connectivity index (χ0) is 103. The van der Waals surface area contributed by atoms with Crippen LogP contribution in [0.1, 0.15) is 316 Å². The van der Waals surface area contributed by atoms with Gasteiger partial charge in [0.2, 0.25) is 23.6 Å². The van der Waals surface area contributed by atoms with Gasteiger partial charge in [0.05, 0.1) is 11.8 Å². The van der Waals surface area contributed by atoms with Crippen molar-refractivity contribution in [3.63, 3.8) is 0 Å². The number of hydrogen-bond acceptors (Lipinski definition) is 25. The summed E-state index contributed by atoms with van der Waals surface area (Å²) in [5.41, 5.74) is 9.89. The Kier molecular flexibility index (Phi) is 49.1. The Hall–Kier alpha value is -10.3. The molecule has 0 spiro atoms. The Morgan fingerprint density at radius 3 is 0.811 bits per heavy atom. The minimum Gasteiger partial charge on any atom is -0.481 e. The van der Waals surface area contributed by atoms with E-state index in [1.54, 1.807) is 43.9 Å². The molecule has 43 heteroatoms. The van der Waals surface area contributed by atoms with Gasteiger partial charge in [-0.05, 0) is 202 Å². The van der Waals surface area contributed by atoms with Gasteiger partial charge in [-0.25, -0.2) is 28.8 Å². The predicted octanol–water partition coefficient (Wildman–Crippen LogP) is 15.4. The summed E-state index contributed by atoms with van der Waals surface area (Å²) in [6.07, 6.45) is 18.2. The van der Waals surface area contributed by atoms with Gasteiger partial charge in [0.25, 0.3) is 0 Å². The van der Waals surface area contributed by atoms with Crippen molar-refractivity contribution in [2.75, 3.05) is 126 Å². The molecule has 14 amide bonds. The number of aromatic nitrogens is 4. The standard InChI is InChI=1S/C25H41N5O5.C22H35N5O4.C20H33N5O3.C13H22N4O2.C12H21NO4.C7H13NO2.CH4.2ClH/c1-24(2,3)19-16-20(28-35-19)27-22(32)30-13-7-12-29(14-15-30)21(31)17-8-10-18(11-9-17)26-23(33)34-25(4,5)6;1-15(28)23-17-8-6-16(7-9-17)20(29)26-10-5-11-27(13-12-26)21(30)24-19-14-18(31-25-19)22(2,3)4;1-20(2,3)16-13-17(23-28-16)22-19(27)25-10-4-9-24(11-12-25)18(26)14-5-7-15(21)8-6-14;1-13(2,3)10-9-11(16-19-10)15-12(18)17-7-4-5-14-6-8-17;1-12(2,3)17-11(16)13-9-6-4-8(5-7-9)10(14)15;8-6-3-1-5(2-4-6)7(9)10;;;/h16-18H,7-15H2,1-6H3,(H,26,33)(H,27,28,32);14,16-17H,5-13H2,1-4H3,(H,23,28)(H,24,25,30);13-15H,4-12,21H2,1-3H3,(H,22,23,27);9,14H,4-8H2,1-3H3,(H,15,16,18);8-9H,4-7H2,1-3H3,(H,13,16)(H,14,15);5-6H,1-4,8H2,(H,9,10);1H4;2*1H. The van der Waals surface area contributed by atoms with E-state index in [9.17, 15) is 57.5 Å². The molecule has 0 unspecified atom stereocenters. The van der Waals surface area contributed by atoms with Crippen LogP contribution in [0.5, 0.6) is 0 Å². The lowest BCUT2D eigenvalue weighted by atomic mass is 9.85. The number of amides is 14. The van der Waals surface area contributed by atoms with E-state index in [2.05, 4.69) is 63.2 Å². The third-order valence-electron chi connectivity index (χ3n) is 26.2. The second kappa shape index (κ2) is 57.0. The summed E-state index contributed by atoms with van der Waals surface area (Å²) in [6, 6.07) is 7.02. The van der Waals surface area contributed by atoms with Gasteiger partial charge in [-0.3, -0.25) is 50.0 Å². The maximum absolute atomic E-state index is 13.2. The average Bonchev–Trinajstić information content (AvgIpc) is 1.76. The molecule has 4 saturated heterocycles. The number of urea groups is 4. The molecule has 810 valence electrons. The first-order valence-corrected chi connectivity index (χ1v) is 50.6. The third kappa shape index (κ3) is 42.8. The van der Waals surface area contributed by atoms with Crippen LogP contribution in [0.3, 0.4) is 0 Å². The summed E-state index contributed by atoms with van der Waals surface area (Å²) in [5.74, 6) is 3.42. The molecule has 8 heterocycles. The highest BCUT2D eigenvalue weighted by Crippen LogP contribution is 2.35. The first-order chi connectivity index (χ1) is 65.6. The summed E-state index contributed by atoms with van der Waals surface area (Å²) in [6.45, 7) is 47.0. The van der Waals surface area contributed by atoms with Crippen LogP contribution >= 0.6 is 24.8 Å². The van der Waals surface area contributed by atoms with Gasteiger partial charge in [-0.2, -0.15) is 0 Å². The summed E-state index contributed by atoms with van der Waals surface area (Å²) in [7, 11) is 0. The third-order valence-corrected chi connectivity index (χ3v) is 26.2. The van der Waals surface area contributed by atoms with Crippen LogP contribution in [-0.4, -0.2) is 283 Å². The van der Waals surface area contributed by atoms with Crippen LogP contribution in [0.25, 0.3) is 0 Å². The average molecular weight is 2060 g/mol. The molecule has 0 radical (unpaired) electrons. The SMILES string of the molecule is C.CC(=O)NC1CCC(C(=O)N2CCCN(C(=O)Nc3cc(C(C)(C)C)on3)CC2)CC1.CC(C)(C)OC(=O)NC1CCC(C(=O)N2CCCN(C(=O)Nc3cc(C(C)(C)C)on3)CC2)CC1.CC(C)(C)OC(=O)NC1CCC(C(=O)O)CC1.CC(C)(C)c1cc(NC(=O)N2CCCN(C(=O)C3CCC(N)CC3)CC2)no1.CC(C)(C)c1cc(NC(=O)N2CCCNCC2)no1.Cl.Cl.NC1CCC(C(=O)O)CC1. The van der Waals surface area contributed by atoms with Gasteiger partial charge in [0.1, 0.15) is 34.2 Å². The number of ether oxygens (including phenoxy) is 2. The number of rotatable bonds is 12. The van der Waals surface area contributed by atoms with E-state index >= 15 is 0 Å². The second-order valence-corrected chi connectivity index (χ2v) is 44.7. The zero-order valence-corrected chi connectivity index (χ0v) is 89.1. The van der Waals surface area contributed by atoms with E-state index in [0.29, 0.717) is 139 Å². The number of aliphatic carboxylic acids is 2. The smallest absolute Gasteiger partial charge is 0.407 e. The number of anilines is 4. The first kappa shape index (κ1) is 123. The number of alkyl carbamates (subject to hydrolysis) is 2. The highest BCUT2D eigenvalue weighted by atomic mass is 35.5. The molecule has 143 heavy (non-hydrogen) atoms. The minimum atomic E-state index is -0.735. The van der Waals surface area contributed by atoms with Gasteiger partial charge in [0, 0.05) is 199 Å². The number of halogens is 2. The summed E-state index contributed by atoms with van der Waals surface area (Å²) < 4.78 is 31.7. The number of carboxylic acids is 2. The molecule has 13 rings (SSSR count). The molecule has 9 aliphatic rings. The number of carboxylic acid groups (broad SMARTS) is 2. The van der Waals surface area contributed by atoms with Crippen molar-refractivity contribution in [2.45, 2.75) is 356 Å². The largest absolute Gasteiger partial charge is 0.481 e. The molecular formula is C100H171Cl2N21O20. The van der Waals surface area contributed by atoms with E-state index in [-0.39, 0.29) is 161 Å². The lowest BCUT2D eigenvalue weighted by molar-refractivity contribution is -0.143. The Labute approximate surface area is 857 Å². The number of nitrogens with one attached hydrogen (secondary N) is 8. The van der Waals surface area contributed by atoms with Gasteiger partial charge in [0.15, 0.2) is 23.3 Å². The first-order valence-electron chi connectivity index (χ1n) is 50.6. The molecule has 14 N–H and O–H groups in total.